The summed E-state index contributed by atoms with van der Waals surface area (Å²) in [5.74, 6) is 0. The molecule has 11 heteroatoms. The molecule has 0 aliphatic carbocycles. The zero-order valence-corrected chi connectivity index (χ0v) is 16.7. The van der Waals surface area contributed by atoms with Crippen molar-refractivity contribution in [2.45, 2.75) is 26.6 Å². The molecule has 0 atom stereocenters. The van der Waals surface area contributed by atoms with Crippen LogP contribution in [-0.4, -0.2) is 69.4 Å². The van der Waals surface area contributed by atoms with E-state index in [1.807, 2.05) is 23.6 Å². The number of urea groups is 1. The van der Waals surface area contributed by atoms with Gasteiger partial charge in [0.15, 0.2) is 0 Å². The summed E-state index contributed by atoms with van der Waals surface area (Å²) in [7, 11) is 3.43. The van der Waals surface area contributed by atoms with E-state index in [-0.39, 0.29) is 19.0 Å². The number of aryl methyl sites for hydroxylation is 1. The molecule has 0 aliphatic heterocycles. The Labute approximate surface area is 169 Å². The summed E-state index contributed by atoms with van der Waals surface area (Å²) in [6.07, 6.45) is 5.25. The van der Waals surface area contributed by atoms with Crippen molar-refractivity contribution in [2.75, 3.05) is 20.8 Å². The summed E-state index contributed by atoms with van der Waals surface area (Å²) in [6, 6.07) is 3.76. The molecule has 0 radical (unpaired) electrons. The third-order valence-corrected chi connectivity index (χ3v) is 3.48. The van der Waals surface area contributed by atoms with Gasteiger partial charge in [0.05, 0.1) is 25.2 Å². The molecular weight excluding hydrogens is 382 g/mol. The van der Waals surface area contributed by atoms with Gasteiger partial charge in [-0.05, 0) is 24.6 Å². The molecule has 2 aromatic rings. The zero-order valence-electron chi connectivity index (χ0n) is 16.7. The fourth-order valence-corrected chi connectivity index (χ4v) is 2.24. The van der Waals surface area contributed by atoms with E-state index in [4.69, 9.17) is 24.5 Å². The number of methoxy groups -OCH3 is 1. The molecule has 2 aromatic heterocycles. The zero-order chi connectivity index (χ0) is 22.1. The first-order chi connectivity index (χ1) is 13.9. The van der Waals surface area contributed by atoms with Crippen LogP contribution >= 0.6 is 0 Å². The van der Waals surface area contributed by atoms with E-state index in [1.54, 1.807) is 37.8 Å². The molecule has 0 saturated carbocycles. The lowest BCUT2D eigenvalue weighted by Gasteiger charge is -2.18. The number of carbonyl (C=O) groups excluding carboxylic acids is 1. The van der Waals surface area contributed by atoms with Gasteiger partial charge in [-0.3, -0.25) is 14.6 Å². The lowest BCUT2D eigenvalue weighted by atomic mass is 10.2. The second-order valence-electron chi connectivity index (χ2n) is 5.60. The second kappa shape index (κ2) is 15.6. The highest BCUT2D eigenvalue weighted by Gasteiger charge is 2.10. The van der Waals surface area contributed by atoms with Gasteiger partial charge in [-0.2, -0.15) is 0 Å². The van der Waals surface area contributed by atoms with E-state index < -0.39 is 0 Å². The van der Waals surface area contributed by atoms with Crippen molar-refractivity contribution in [2.24, 2.45) is 0 Å². The van der Waals surface area contributed by atoms with Crippen LogP contribution in [0.25, 0.3) is 0 Å². The number of carboxylic acid groups (broad SMARTS) is 2. The molecule has 0 fully saturated rings. The Morgan fingerprint density at radius 3 is 2.59 bits per heavy atom. The molecule has 3 N–H and O–H groups in total. The molecule has 2 amide bonds. The number of hydrogen-bond donors (Lipinski definition) is 3. The summed E-state index contributed by atoms with van der Waals surface area (Å²) in [6.45, 7) is 3.73. The van der Waals surface area contributed by atoms with Crippen LogP contribution in [0.1, 0.15) is 17.0 Å². The third-order valence-electron chi connectivity index (χ3n) is 3.48. The van der Waals surface area contributed by atoms with Crippen molar-refractivity contribution >= 4 is 19.0 Å². The summed E-state index contributed by atoms with van der Waals surface area (Å²) < 4.78 is 7.03. The molecule has 0 spiro atoms. The Kier molecular flexibility index (Phi) is 13.7. The van der Waals surface area contributed by atoms with E-state index in [0.29, 0.717) is 26.2 Å². The van der Waals surface area contributed by atoms with Gasteiger partial charge < -0.3 is 29.7 Å². The maximum absolute atomic E-state index is 12.2. The number of aromatic nitrogens is 3. The molecule has 2 heterocycles. The van der Waals surface area contributed by atoms with Crippen molar-refractivity contribution in [1.29, 1.82) is 0 Å². The molecule has 0 saturated heterocycles. The average molecular weight is 409 g/mol. The highest BCUT2D eigenvalue weighted by Crippen LogP contribution is 2.05. The van der Waals surface area contributed by atoms with Gasteiger partial charge in [-0.15, -0.1) is 0 Å². The number of rotatable bonds is 7. The molecule has 0 aromatic carbocycles. The first-order valence-corrected chi connectivity index (χ1v) is 8.47. The molecule has 160 valence electrons. The number of amides is 2. The van der Waals surface area contributed by atoms with Crippen molar-refractivity contribution in [3.05, 3.63) is 47.8 Å². The minimum atomic E-state index is -0.250. The van der Waals surface area contributed by atoms with Crippen LogP contribution in [0.5, 0.6) is 0 Å². The van der Waals surface area contributed by atoms with Gasteiger partial charge in [0, 0.05) is 45.3 Å². The first-order valence-electron chi connectivity index (χ1n) is 8.47. The summed E-state index contributed by atoms with van der Waals surface area (Å²) in [5.41, 5.74) is 2.95. The number of nitrogens with one attached hydrogen (secondary N) is 1. The van der Waals surface area contributed by atoms with E-state index in [9.17, 15) is 4.79 Å². The predicted molar refractivity (Wildman–Crippen MR) is 104 cm³/mol. The topological polar surface area (TPSA) is 147 Å². The summed E-state index contributed by atoms with van der Waals surface area (Å²) >= 11 is 0. The van der Waals surface area contributed by atoms with E-state index >= 15 is 0 Å². The molecule has 0 bridgehead atoms. The lowest BCUT2D eigenvalue weighted by molar-refractivity contribution is -0.123. The van der Waals surface area contributed by atoms with Crippen LogP contribution in [0.15, 0.2) is 30.9 Å². The fraction of sp³-hybridized carbons (Fsp3) is 0.389. The lowest BCUT2D eigenvalue weighted by Crippen LogP contribution is -2.36. The minimum Gasteiger partial charge on any atom is -0.483 e. The van der Waals surface area contributed by atoms with Gasteiger partial charge >= 0.3 is 6.03 Å². The van der Waals surface area contributed by atoms with Crippen LogP contribution in [0.3, 0.4) is 0 Å². The van der Waals surface area contributed by atoms with Crippen molar-refractivity contribution in [3.63, 3.8) is 0 Å². The molecular formula is C18H27N5O6. The van der Waals surface area contributed by atoms with E-state index in [1.165, 1.54) is 0 Å². The molecule has 29 heavy (non-hydrogen) atoms. The predicted octanol–water partition coefficient (Wildman–Crippen LogP) is 0.976. The van der Waals surface area contributed by atoms with Gasteiger partial charge in [0.2, 0.25) is 0 Å². The maximum atomic E-state index is 12.2. The van der Waals surface area contributed by atoms with Gasteiger partial charge in [-0.1, -0.05) is 0 Å². The second-order valence-corrected chi connectivity index (χ2v) is 5.60. The highest BCUT2D eigenvalue weighted by atomic mass is 16.5. The maximum Gasteiger partial charge on any atom is 0.317 e. The standard InChI is InChI=1S/C16H23N5O2.2CH2O2/c1-13-8-14(4-5-18-13)11-20(2)16(22)19-10-15-9-17-12-21(15)6-7-23-3;2*2-1-3/h4-5,8-9,12H,6-7,10-11H2,1-3H3,(H,19,22);2*1H,(H,2,3). The molecule has 0 aliphatic rings. The van der Waals surface area contributed by atoms with Crippen LogP contribution in [0, 0.1) is 6.92 Å². The molecule has 0 unspecified atom stereocenters. The van der Waals surface area contributed by atoms with E-state index in [2.05, 4.69) is 15.3 Å². The molecule has 2 rings (SSSR count). The number of carbonyl (C=O) groups is 3. The van der Waals surface area contributed by atoms with Gasteiger partial charge in [0.25, 0.3) is 12.9 Å². The normalized spacial score (nSPS) is 9.21. The number of ether oxygens (including phenoxy) is 1. The van der Waals surface area contributed by atoms with Gasteiger partial charge in [-0.25, -0.2) is 9.78 Å². The number of pyridine rings is 1. The third kappa shape index (κ3) is 11.1. The number of hydrogen-bond acceptors (Lipinski definition) is 6. The quantitative estimate of drug-likeness (QED) is 0.573. The monoisotopic (exact) mass is 409 g/mol. The van der Waals surface area contributed by atoms with Crippen molar-refractivity contribution in [1.82, 2.24) is 24.8 Å². The molecule has 11 nitrogen and oxygen atoms in total. The van der Waals surface area contributed by atoms with Crippen LogP contribution in [0.2, 0.25) is 0 Å². The minimum absolute atomic E-state index is 0.126. The summed E-state index contributed by atoms with van der Waals surface area (Å²) in [4.78, 5) is 38.8. The average Bonchev–Trinajstić information content (AvgIpc) is 3.13. The van der Waals surface area contributed by atoms with Crippen molar-refractivity contribution in [3.8, 4) is 0 Å². The Morgan fingerprint density at radius 2 is 2.00 bits per heavy atom. The number of nitrogens with zero attached hydrogens (tertiary/aromatic N) is 4. The van der Waals surface area contributed by atoms with Crippen LogP contribution < -0.4 is 5.32 Å². The Bertz CT molecular complexity index is 731. The highest BCUT2D eigenvalue weighted by molar-refractivity contribution is 5.73. The summed E-state index contributed by atoms with van der Waals surface area (Å²) in [5, 5.41) is 16.7. The van der Waals surface area contributed by atoms with Crippen LogP contribution in [0.4, 0.5) is 4.79 Å². The van der Waals surface area contributed by atoms with Crippen molar-refractivity contribution < 1.29 is 29.3 Å². The van der Waals surface area contributed by atoms with E-state index in [0.717, 1.165) is 17.0 Å². The Morgan fingerprint density at radius 1 is 1.34 bits per heavy atom. The Hall–Kier alpha value is -3.47. The smallest absolute Gasteiger partial charge is 0.317 e. The van der Waals surface area contributed by atoms with Crippen LogP contribution in [-0.2, 0) is 34.0 Å². The Balaban J connectivity index is 0.00000116. The fourth-order valence-electron chi connectivity index (χ4n) is 2.24. The first kappa shape index (κ1) is 25.5. The SMILES string of the molecule is COCCn1cncc1CNC(=O)N(C)Cc1ccnc(C)c1.O=CO.O=CO. The van der Waals surface area contributed by atoms with Gasteiger partial charge in [0.1, 0.15) is 0 Å². The number of imidazole rings is 1. The largest absolute Gasteiger partial charge is 0.483 e.